The Morgan fingerprint density at radius 1 is 1.08 bits per heavy atom. The Kier molecular flexibility index (Phi) is 5.53. The van der Waals surface area contributed by atoms with E-state index in [1.807, 2.05) is 41.8 Å². The van der Waals surface area contributed by atoms with Crippen LogP contribution < -0.4 is 4.74 Å². The smallest absolute Gasteiger partial charge is 0.342 e. The number of carbonyl (C=O) groups is 2. The maximum absolute atomic E-state index is 12.4. The lowest BCUT2D eigenvalue weighted by atomic mass is 10.1. The molecule has 0 radical (unpaired) electrons. The Labute approximate surface area is 155 Å². The molecule has 134 valence electrons. The number of amides is 1. The van der Waals surface area contributed by atoms with E-state index in [9.17, 15) is 9.59 Å². The minimum atomic E-state index is -0.578. The Balaban J connectivity index is 1.67. The van der Waals surface area contributed by atoms with E-state index in [4.69, 9.17) is 9.47 Å². The van der Waals surface area contributed by atoms with E-state index >= 15 is 0 Å². The number of ether oxygens (including phenoxy) is 2. The van der Waals surface area contributed by atoms with Crippen molar-refractivity contribution in [3.63, 3.8) is 0 Å². The Morgan fingerprint density at radius 3 is 2.46 bits per heavy atom. The van der Waals surface area contributed by atoms with E-state index in [-0.39, 0.29) is 12.5 Å². The van der Waals surface area contributed by atoms with Crippen LogP contribution in [0.2, 0.25) is 0 Å². The predicted octanol–water partition coefficient (Wildman–Crippen LogP) is 3.73. The van der Waals surface area contributed by atoms with Crippen LogP contribution in [0.25, 0.3) is 10.8 Å². The van der Waals surface area contributed by atoms with Crippen molar-refractivity contribution < 1.29 is 19.1 Å². The third-order valence-electron chi connectivity index (χ3n) is 4.01. The lowest BCUT2D eigenvalue weighted by molar-refractivity contribution is -0.133. The van der Waals surface area contributed by atoms with Gasteiger partial charge in [0.2, 0.25) is 0 Å². The van der Waals surface area contributed by atoms with Crippen molar-refractivity contribution in [3.8, 4) is 5.75 Å². The summed E-state index contributed by atoms with van der Waals surface area (Å²) in [6.07, 6.45) is 0. The van der Waals surface area contributed by atoms with Crippen LogP contribution in [0, 0.1) is 0 Å². The monoisotopic (exact) mass is 369 g/mol. The van der Waals surface area contributed by atoms with Crippen LogP contribution in [0.1, 0.15) is 15.2 Å². The molecular formula is C20H19NO4S. The second-order valence-corrected chi connectivity index (χ2v) is 6.84. The molecule has 0 N–H and O–H groups in total. The first-order valence-electron chi connectivity index (χ1n) is 8.08. The Morgan fingerprint density at radius 2 is 1.81 bits per heavy atom. The van der Waals surface area contributed by atoms with Gasteiger partial charge >= 0.3 is 5.97 Å². The molecule has 5 nitrogen and oxygen atoms in total. The van der Waals surface area contributed by atoms with Gasteiger partial charge in [-0.05, 0) is 34.4 Å². The van der Waals surface area contributed by atoms with Gasteiger partial charge in [-0.1, -0.05) is 30.3 Å². The fraction of sp³-hybridized carbons (Fsp3) is 0.200. The highest BCUT2D eigenvalue weighted by Crippen LogP contribution is 2.26. The van der Waals surface area contributed by atoms with Gasteiger partial charge in [-0.25, -0.2) is 4.79 Å². The van der Waals surface area contributed by atoms with Gasteiger partial charge in [0.1, 0.15) is 11.3 Å². The van der Waals surface area contributed by atoms with Gasteiger partial charge in [0.15, 0.2) is 6.61 Å². The van der Waals surface area contributed by atoms with Crippen LogP contribution in [0.4, 0.5) is 0 Å². The molecule has 0 bridgehead atoms. The summed E-state index contributed by atoms with van der Waals surface area (Å²) in [5.74, 6) is -0.412. The van der Waals surface area contributed by atoms with E-state index in [0.29, 0.717) is 17.9 Å². The molecule has 0 aliphatic carbocycles. The van der Waals surface area contributed by atoms with Gasteiger partial charge < -0.3 is 14.4 Å². The molecule has 1 aromatic heterocycles. The Bertz CT molecular complexity index is 921. The molecule has 0 aliphatic rings. The predicted molar refractivity (Wildman–Crippen MR) is 102 cm³/mol. The number of benzene rings is 2. The van der Waals surface area contributed by atoms with E-state index in [1.165, 1.54) is 12.0 Å². The molecular weight excluding hydrogens is 350 g/mol. The Hall–Kier alpha value is -2.86. The normalized spacial score (nSPS) is 10.5. The van der Waals surface area contributed by atoms with Crippen molar-refractivity contribution in [2.45, 2.75) is 6.54 Å². The molecule has 2 aromatic carbocycles. The number of esters is 1. The average molecular weight is 369 g/mol. The van der Waals surface area contributed by atoms with E-state index in [2.05, 4.69) is 0 Å². The quantitative estimate of drug-likeness (QED) is 0.622. The van der Waals surface area contributed by atoms with Crippen LogP contribution in [0.15, 0.2) is 53.9 Å². The molecule has 6 heteroatoms. The lowest BCUT2D eigenvalue weighted by Crippen LogP contribution is -2.30. The van der Waals surface area contributed by atoms with Gasteiger partial charge in [-0.3, -0.25) is 4.79 Å². The van der Waals surface area contributed by atoms with E-state index in [1.54, 1.807) is 30.5 Å². The maximum Gasteiger partial charge on any atom is 0.342 e. The highest BCUT2D eigenvalue weighted by atomic mass is 32.1. The summed E-state index contributed by atoms with van der Waals surface area (Å²) in [7, 11) is 3.19. The molecule has 0 fully saturated rings. The number of methoxy groups -OCH3 is 1. The van der Waals surface area contributed by atoms with Crippen molar-refractivity contribution in [2.75, 3.05) is 20.8 Å². The maximum atomic E-state index is 12.4. The van der Waals surface area contributed by atoms with Crippen molar-refractivity contribution in [1.82, 2.24) is 4.90 Å². The fourth-order valence-corrected chi connectivity index (χ4v) is 3.34. The van der Waals surface area contributed by atoms with Crippen molar-refractivity contribution in [1.29, 1.82) is 0 Å². The second kappa shape index (κ2) is 8.01. The summed E-state index contributed by atoms with van der Waals surface area (Å²) < 4.78 is 10.5. The fourth-order valence-electron chi connectivity index (χ4n) is 2.59. The summed E-state index contributed by atoms with van der Waals surface area (Å²) >= 11 is 1.58. The van der Waals surface area contributed by atoms with Gasteiger partial charge in [0.25, 0.3) is 5.91 Å². The molecule has 0 spiro atoms. The summed E-state index contributed by atoms with van der Waals surface area (Å²) in [5, 5.41) is 3.83. The molecule has 26 heavy (non-hydrogen) atoms. The third-order valence-corrected chi connectivity index (χ3v) is 4.87. The number of rotatable bonds is 6. The van der Waals surface area contributed by atoms with Crippen LogP contribution in [-0.4, -0.2) is 37.5 Å². The van der Waals surface area contributed by atoms with Crippen LogP contribution in [0.5, 0.6) is 5.75 Å². The number of hydrogen-bond acceptors (Lipinski definition) is 5. The van der Waals surface area contributed by atoms with E-state index < -0.39 is 5.97 Å². The zero-order chi connectivity index (χ0) is 18.5. The molecule has 0 unspecified atom stereocenters. The highest BCUT2D eigenvalue weighted by molar-refractivity contribution is 7.09. The number of carbonyl (C=O) groups excluding carboxylic acids is 2. The summed E-state index contributed by atoms with van der Waals surface area (Å²) in [4.78, 5) is 27.2. The molecule has 0 saturated heterocycles. The van der Waals surface area contributed by atoms with Crippen molar-refractivity contribution in [2.24, 2.45) is 0 Å². The molecule has 3 aromatic rings. The molecule has 0 atom stereocenters. The number of thiophene rings is 1. The largest absolute Gasteiger partial charge is 0.496 e. The minimum Gasteiger partial charge on any atom is -0.496 e. The van der Waals surface area contributed by atoms with Crippen LogP contribution in [-0.2, 0) is 16.1 Å². The first kappa shape index (κ1) is 17.9. The zero-order valence-electron chi connectivity index (χ0n) is 14.6. The number of hydrogen-bond donors (Lipinski definition) is 0. The molecule has 0 saturated carbocycles. The first-order chi connectivity index (χ1) is 12.6. The average Bonchev–Trinajstić information content (AvgIpc) is 3.17. The van der Waals surface area contributed by atoms with Crippen LogP contribution >= 0.6 is 11.3 Å². The standard InChI is InChI=1S/C20H19NO4S/c1-21(12-16-8-5-9-26-16)19(22)13-25-20(23)17-10-14-6-3-4-7-15(14)11-18(17)24-2/h3-11H,12-13H2,1-2H3. The number of fused-ring (bicyclic) bond motifs is 1. The summed E-state index contributed by atoms with van der Waals surface area (Å²) in [6.45, 7) is 0.185. The lowest BCUT2D eigenvalue weighted by Gasteiger charge is -2.16. The molecule has 1 heterocycles. The number of nitrogens with zero attached hydrogens (tertiary/aromatic N) is 1. The van der Waals surface area contributed by atoms with Crippen molar-refractivity contribution >= 4 is 34.0 Å². The molecule has 3 rings (SSSR count). The third kappa shape index (κ3) is 4.03. The van der Waals surface area contributed by atoms with Crippen molar-refractivity contribution in [3.05, 3.63) is 64.4 Å². The zero-order valence-corrected chi connectivity index (χ0v) is 15.4. The molecule has 1 amide bonds. The summed E-state index contributed by atoms with van der Waals surface area (Å²) in [6, 6.07) is 15.1. The van der Waals surface area contributed by atoms with Gasteiger partial charge in [-0.15, -0.1) is 11.3 Å². The summed E-state index contributed by atoms with van der Waals surface area (Å²) in [5.41, 5.74) is 0.305. The first-order valence-corrected chi connectivity index (χ1v) is 8.96. The van der Waals surface area contributed by atoms with Gasteiger partial charge in [0.05, 0.1) is 13.7 Å². The second-order valence-electron chi connectivity index (χ2n) is 5.80. The topological polar surface area (TPSA) is 55.8 Å². The highest BCUT2D eigenvalue weighted by Gasteiger charge is 2.18. The number of likely N-dealkylation sites (N-methyl/N-ethyl adjacent to an activating group) is 1. The minimum absolute atomic E-state index is 0.258. The van der Waals surface area contributed by atoms with Gasteiger partial charge in [0, 0.05) is 11.9 Å². The van der Waals surface area contributed by atoms with E-state index in [0.717, 1.165) is 15.6 Å². The van der Waals surface area contributed by atoms with Gasteiger partial charge in [-0.2, -0.15) is 0 Å². The molecule has 0 aliphatic heterocycles. The van der Waals surface area contributed by atoms with Crippen LogP contribution in [0.3, 0.4) is 0 Å². The SMILES string of the molecule is COc1cc2ccccc2cc1C(=O)OCC(=O)N(C)Cc1cccs1.